The van der Waals surface area contributed by atoms with Crippen LogP contribution >= 0.6 is 0 Å². The smallest absolute Gasteiger partial charge is 0.416 e. The van der Waals surface area contributed by atoms with Gasteiger partial charge in [-0.05, 0) is 41.5 Å². The molecule has 2 aliphatic heterocycles. The maximum Gasteiger partial charge on any atom is 0.416 e. The van der Waals surface area contributed by atoms with E-state index < -0.39 is 52.9 Å². The van der Waals surface area contributed by atoms with Crippen molar-refractivity contribution < 1.29 is 37.0 Å². The normalized spacial score (nSPS) is 24.5. The summed E-state index contributed by atoms with van der Waals surface area (Å²) < 4.78 is 50.8. The third-order valence-corrected chi connectivity index (χ3v) is 7.44. The number of fused-ring (bicyclic) bond motifs is 1. The number of methoxy groups -OCH3 is 2. The van der Waals surface area contributed by atoms with Gasteiger partial charge in [0, 0.05) is 12.5 Å². The predicted molar refractivity (Wildman–Crippen MR) is 135 cm³/mol. The molecule has 1 N–H and O–H groups in total. The van der Waals surface area contributed by atoms with E-state index in [1.54, 1.807) is 54.6 Å². The summed E-state index contributed by atoms with van der Waals surface area (Å²) in [5.41, 5.74) is -1.54. The number of carbonyl (C=O) groups is 3. The van der Waals surface area contributed by atoms with E-state index in [1.165, 1.54) is 20.3 Å². The molecule has 2 heterocycles. The van der Waals surface area contributed by atoms with Gasteiger partial charge in [0.05, 0.1) is 37.3 Å². The van der Waals surface area contributed by atoms with Crippen molar-refractivity contribution in [1.82, 2.24) is 5.32 Å². The Morgan fingerprint density at radius 2 is 1.64 bits per heavy atom. The second kappa shape index (κ2) is 9.85. The lowest BCUT2D eigenvalue weighted by atomic mass is 9.76. The first-order valence-electron chi connectivity index (χ1n) is 12.2. The van der Waals surface area contributed by atoms with E-state index in [2.05, 4.69) is 5.32 Å². The first-order valence-corrected chi connectivity index (χ1v) is 12.2. The van der Waals surface area contributed by atoms with E-state index in [-0.39, 0.29) is 12.1 Å². The highest BCUT2D eigenvalue weighted by Gasteiger charge is 2.69. The minimum atomic E-state index is -4.67. The average molecular weight is 539 g/mol. The summed E-state index contributed by atoms with van der Waals surface area (Å²) in [6.45, 7) is 0. The predicted octanol–water partition coefficient (Wildman–Crippen LogP) is 4.32. The lowest BCUT2D eigenvalue weighted by Crippen LogP contribution is -2.57. The van der Waals surface area contributed by atoms with Gasteiger partial charge < -0.3 is 9.47 Å². The molecule has 7 nitrogen and oxygen atoms in total. The molecule has 5 rings (SSSR count). The molecule has 2 fully saturated rings. The van der Waals surface area contributed by atoms with Gasteiger partial charge in [-0.2, -0.15) is 13.2 Å². The Bertz CT molecular complexity index is 1410. The lowest BCUT2D eigenvalue weighted by Gasteiger charge is -2.32. The van der Waals surface area contributed by atoms with Gasteiger partial charge in [-0.25, -0.2) is 4.90 Å². The number of alkyl halides is 3. The average Bonchev–Trinajstić information content (AvgIpc) is 3.42. The Hall–Kier alpha value is -4.18. The molecule has 0 bridgehead atoms. The third-order valence-electron chi connectivity index (χ3n) is 7.44. The highest BCUT2D eigenvalue weighted by molar-refractivity contribution is 6.24. The van der Waals surface area contributed by atoms with Crippen LogP contribution in [0, 0.1) is 11.8 Å². The number of anilines is 1. The van der Waals surface area contributed by atoms with Gasteiger partial charge in [0.2, 0.25) is 11.8 Å². The fourth-order valence-corrected chi connectivity index (χ4v) is 5.70. The summed E-state index contributed by atoms with van der Waals surface area (Å²) in [6, 6.07) is 19.0. The maximum absolute atomic E-state index is 14.0. The summed E-state index contributed by atoms with van der Waals surface area (Å²) >= 11 is 0. The molecule has 2 saturated heterocycles. The van der Waals surface area contributed by atoms with E-state index in [1.807, 2.05) is 0 Å². The van der Waals surface area contributed by atoms with Gasteiger partial charge in [0.1, 0.15) is 11.3 Å². The number of rotatable bonds is 6. The summed E-state index contributed by atoms with van der Waals surface area (Å²) in [6.07, 6.45) is -4.66. The molecule has 2 amide bonds. The number of benzene rings is 3. The zero-order chi connectivity index (χ0) is 27.9. The lowest BCUT2D eigenvalue weighted by molar-refractivity contribution is -0.152. The maximum atomic E-state index is 14.0. The second-order valence-electron chi connectivity index (χ2n) is 9.58. The molecule has 3 aromatic rings. The Balaban J connectivity index is 1.66. The molecule has 10 heteroatoms. The van der Waals surface area contributed by atoms with Crippen LogP contribution in [0.2, 0.25) is 0 Å². The van der Waals surface area contributed by atoms with Gasteiger partial charge in [0.15, 0.2) is 0 Å². The molecule has 0 aromatic heterocycles. The molecule has 0 saturated carbocycles. The van der Waals surface area contributed by atoms with E-state index >= 15 is 0 Å². The van der Waals surface area contributed by atoms with Crippen LogP contribution in [0.3, 0.4) is 0 Å². The van der Waals surface area contributed by atoms with Crippen molar-refractivity contribution in [3.05, 3.63) is 95.6 Å². The number of ether oxygens (including phenoxy) is 2. The molecule has 39 heavy (non-hydrogen) atoms. The van der Waals surface area contributed by atoms with Crippen LogP contribution in [0.25, 0.3) is 0 Å². The van der Waals surface area contributed by atoms with Gasteiger partial charge in [-0.15, -0.1) is 0 Å². The fraction of sp³-hybridized carbons (Fsp3) is 0.276. The molecular formula is C29H25F3N2O5. The topological polar surface area (TPSA) is 84.9 Å². The van der Waals surface area contributed by atoms with Crippen molar-refractivity contribution in [3.63, 3.8) is 0 Å². The van der Waals surface area contributed by atoms with Crippen molar-refractivity contribution in [2.24, 2.45) is 11.8 Å². The van der Waals surface area contributed by atoms with Crippen LogP contribution in [-0.2, 0) is 31.7 Å². The standard InChI is InChI=1S/C29H25F3N2O5/c1-38-21-13-11-18(12-14-21)24-22-23(28(33-24,27(37)39-2)16-17-7-4-3-5-8-17)26(36)34(25(22)35)20-10-6-9-19(15-20)29(30,31)32/h3-15,22-24,33H,16H2,1-2H3/t22-,23+,24+,28+/m0/s1. The van der Waals surface area contributed by atoms with Crippen LogP contribution in [-0.4, -0.2) is 37.5 Å². The van der Waals surface area contributed by atoms with Gasteiger partial charge >= 0.3 is 12.1 Å². The number of esters is 1. The Labute approximate surface area is 222 Å². The first-order chi connectivity index (χ1) is 18.6. The Morgan fingerprint density at radius 1 is 0.949 bits per heavy atom. The molecule has 4 atom stereocenters. The quantitative estimate of drug-likeness (QED) is 0.372. The summed E-state index contributed by atoms with van der Waals surface area (Å²) in [5.74, 6) is -3.96. The molecular weight excluding hydrogens is 513 g/mol. The molecule has 0 spiro atoms. The van der Waals surface area contributed by atoms with Crippen molar-refractivity contribution >= 4 is 23.5 Å². The van der Waals surface area contributed by atoms with Crippen LogP contribution in [0.15, 0.2) is 78.9 Å². The zero-order valence-corrected chi connectivity index (χ0v) is 21.1. The molecule has 202 valence electrons. The number of nitrogens with zero attached hydrogens (tertiary/aromatic N) is 1. The van der Waals surface area contributed by atoms with E-state index in [0.29, 0.717) is 16.9 Å². The Kier molecular flexibility index (Phi) is 6.67. The van der Waals surface area contributed by atoms with Gasteiger partial charge in [-0.1, -0.05) is 48.5 Å². The van der Waals surface area contributed by atoms with Crippen LogP contribution in [0.1, 0.15) is 22.7 Å². The fourth-order valence-electron chi connectivity index (χ4n) is 5.70. The number of nitrogens with one attached hydrogen (secondary N) is 1. The van der Waals surface area contributed by atoms with Crippen molar-refractivity contribution in [3.8, 4) is 5.75 Å². The summed E-state index contributed by atoms with van der Waals surface area (Å²) in [4.78, 5) is 42.2. The van der Waals surface area contributed by atoms with Crippen LogP contribution in [0.4, 0.5) is 18.9 Å². The summed E-state index contributed by atoms with van der Waals surface area (Å²) in [5, 5.41) is 3.26. The first kappa shape index (κ1) is 26.4. The highest BCUT2D eigenvalue weighted by atomic mass is 19.4. The molecule has 2 aliphatic rings. The molecule has 3 aromatic carbocycles. The van der Waals surface area contributed by atoms with Crippen LogP contribution in [0.5, 0.6) is 5.75 Å². The number of carbonyl (C=O) groups excluding carboxylic acids is 3. The minimum absolute atomic E-state index is 0.0176. The summed E-state index contributed by atoms with van der Waals surface area (Å²) in [7, 11) is 2.70. The van der Waals surface area contributed by atoms with Gasteiger partial charge in [-0.3, -0.25) is 19.7 Å². The van der Waals surface area contributed by atoms with E-state index in [4.69, 9.17) is 9.47 Å². The van der Waals surface area contributed by atoms with E-state index in [0.717, 1.165) is 23.1 Å². The number of hydrogen-bond donors (Lipinski definition) is 1. The number of hydrogen-bond acceptors (Lipinski definition) is 6. The largest absolute Gasteiger partial charge is 0.497 e. The SMILES string of the molecule is COC(=O)[C@]1(Cc2ccccc2)N[C@H](c2ccc(OC)cc2)[C@H]2C(=O)N(c3cccc(C(F)(F)F)c3)C(=O)[C@@H]21. The molecule has 0 aliphatic carbocycles. The van der Waals surface area contributed by atoms with Crippen molar-refractivity contribution in [2.75, 3.05) is 19.1 Å². The van der Waals surface area contributed by atoms with Crippen LogP contribution < -0.4 is 15.0 Å². The van der Waals surface area contributed by atoms with E-state index in [9.17, 15) is 27.6 Å². The molecule has 0 radical (unpaired) electrons. The second-order valence-corrected chi connectivity index (χ2v) is 9.58. The Morgan fingerprint density at radius 3 is 2.26 bits per heavy atom. The number of amides is 2. The van der Waals surface area contributed by atoms with Crippen molar-refractivity contribution in [2.45, 2.75) is 24.2 Å². The molecule has 0 unspecified atom stereocenters. The number of halogens is 3. The zero-order valence-electron chi connectivity index (χ0n) is 21.1. The minimum Gasteiger partial charge on any atom is -0.497 e. The number of imide groups is 1. The highest BCUT2D eigenvalue weighted by Crippen LogP contribution is 2.51. The third kappa shape index (κ3) is 4.44. The van der Waals surface area contributed by atoms with Gasteiger partial charge in [0.25, 0.3) is 0 Å². The monoisotopic (exact) mass is 538 g/mol. The van der Waals surface area contributed by atoms with Crippen molar-refractivity contribution in [1.29, 1.82) is 0 Å².